The maximum Gasteiger partial charge on any atom is 0.255 e. The molecule has 21 heavy (non-hydrogen) atoms. The number of nitrogens with one attached hydrogen (secondary N) is 2. The molecule has 0 aliphatic rings. The Kier molecular flexibility index (Phi) is 4.94. The molecule has 1 amide bonds. The van der Waals surface area contributed by atoms with Gasteiger partial charge in [-0.2, -0.15) is 5.10 Å². The molecule has 0 saturated heterocycles. The molecule has 0 aliphatic carbocycles. The van der Waals surface area contributed by atoms with Gasteiger partial charge >= 0.3 is 0 Å². The first-order valence-electron chi connectivity index (χ1n) is 6.81. The molecule has 0 saturated carbocycles. The fourth-order valence-corrected chi connectivity index (χ4v) is 1.88. The molecule has 112 valence electrons. The Balaban J connectivity index is 2.15. The molecule has 2 rings (SSSR count). The number of methoxy groups -OCH3 is 1. The number of hydrogen-bond acceptors (Lipinski definition) is 4. The third-order valence-electron chi connectivity index (χ3n) is 3.28. The van der Waals surface area contributed by atoms with Crippen molar-refractivity contribution in [1.29, 1.82) is 0 Å². The summed E-state index contributed by atoms with van der Waals surface area (Å²) in [4.78, 5) is 12.2. The minimum absolute atomic E-state index is 0.158. The van der Waals surface area contributed by atoms with Crippen LogP contribution in [0.2, 0.25) is 0 Å². The molecule has 2 aromatic rings. The van der Waals surface area contributed by atoms with E-state index in [9.17, 15) is 4.79 Å². The predicted octanol–water partition coefficient (Wildman–Crippen LogP) is 1.41. The zero-order valence-electron chi connectivity index (χ0n) is 12.2. The average molecular weight is 288 g/mol. The monoisotopic (exact) mass is 288 g/mol. The van der Waals surface area contributed by atoms with E-state index in [4.69, 9.17) is 10.5 Å². The third kappa shape index (κ3) is 3.61. The molecule has 1 heterocycles. The summed E-state index contributed by atoms with van der Waals surface area (Å²) in [5.74, 6) is 0.848. The third-order valence-corrected chi connectivity index (χ3v) is 3.28. The largest absolute Gasteiger partial charge is 0.497 e. The molecule has 0 fully saturated rings. The number of carbonyl (C=O) groups excluding carboxylic acids is 1. The zero-order chi connectivity index (χ0) is 15.2. The topological polar surface area (TPSA) is 93.0 Å². The Morgan fingerprint density at radius 1 is 1.43 bits per heavy atom. The number of carbonyl (C=O) groups is 1. The van der Waals surface area contributed by atoms with E-state index in [0.717, 1.165) is 11.3 Å². The molecule has 1 atom stereocenters. The Labute approximate surface area is 123 Å². The van der Waals surface area contributed by atoms with Crippen molar-refractivity contribution >= 4 is 5.91 Å². The SMILES string of the molecule is COc1ccc(-c2[nH]ncc2C(=O)NCC(C)CN)cc1. The minimum Gasteiger partial charge on any atom is -0.497 e. The quantitative estimate of drug-likeness (QED) is 0.749. The molecule has 1 unspecified atom stereocenters. The number of aromatic nitrogens is 2. The lowest BCUT2D eigenvalue weighted by Gasteiger charge is -2.10. The van der Waals surface area contributed by atoms with Crippen molar-refractivity contribution in [3.05, 3.63) is 36.0 Å². The van der Waals surface area contributed by atoms with Crippen LogP contribution >= 0.6 is 0 Å². The number of nitrogens with two attached hydrogens (primary N) is 1. The number of rotatable bonds is 6. The van der Waals surface area contributed by atoms with Gasteiger partial charge < -0.3 is 15.8 Å². The van der Waals surface area contributed by atoms with Gasteiger partial charge in [0.15, 0.2) is 0 Å². The van der Waals surface area contributed by atoms with E-state index in [-0.39, 0.29) is 11.8 Å². The van der Waals surface area contributed by atoms with Crippen molar-refractivity contribution in [3.63, 3.8) is 0 Å². The number of nitrogens with zero attached hydrogens (tertiary/aromatic N) is 1. The van der Waals surface area contributed by atoms with E-state index >= 15 is 0 Å². The second-order valence-corrected chi connectivity index (χ2v) is 4.94. The van der Waals surface area contributed by atoms with Crippen LogP contribution in [0.25, 0.3) is 11.3 Å². The van der Waals surface area contributed by atoms with Gasteiger partial charge in [0.25, 0.3) is 5.91 Å². The van der Waals surface area contributed by atoms with Crippen molar-refractivity contribution in [2.24, 2.45) is 11.7 Å². The number of H-pyrrole nitrogens is 1. The molecule has 0 radical (unpaired) electrons. The van der Waals surface area contributed by atoms with Crippen molar-refractivity contribution in [2.45, 2.75) is 6.92 Å². The van der Waals surface area contributed by atoms with Crippen molar-refractivity contribution < 1.29 is 9.53 Å². The second kappa shape index (κ2) is 6.90. The fourth-order valence-electron chi connectivity index (χ4n) is 1.88. The Bertz CT molecular complexity index is 592. The number of ether oxygens (including phenoxy) is 1. The normalized spacial score (nSPS) is 12.0. The maximum atomic E-state index is 12.2. The Hall–Kier alpha value is -2.34. The summed E-state index contributed by atoms with van der Waals surface area (Å²) in [6, 6.07) is 7.44. The molecular weight excluding hydrogens is 268 g/mol. The lowest BCUT2D eigenvalue weighted by molar-refractivity contribution is 0.0949. The minimum atomic E-state index is -0.158. The van der Waals surface area contributed by atoms with Gasteiger partial charge in [0, 0.05) is 12.1 Å². The second-order valence-electron chi connectivity index (χ2n) is 4.94. The first kappa shape index (κ1) is 15.1. The molecule has 4 N–H and O–H groups in total. The standard InChI is InChI=1S/C15H20N4O2/c1-10(7-16)8-17-15(20)13-9-18-19-14(13)11-3-5-12(21-2)6-4-11/h3-6,9-10H,7-8,16H2,1-2H3,(H,17,20)(H,18,19). The van der Waals surface area contributed by atoms with E-state index < -0.39 is 0 Å². The summed E-state index contributed by atoms with van der Waals surface area (Å²) in [5, 5.41) is 9.70. The van der Waals surface area contributed by atoms with Gasteiger partial charge in [0.1, 0.15) is 5.75 Å². The lowest BCUT2D eigenvalue weighted by atomic mass is 10.1. The number of benzene rings is 1. The highest BCUT2D eigenvalue weighted by Gasteiger charge is 2.15. The van der Waals surface area contributed by atoms with E-state index in [2.05, 4.69) is 15.5 Å². The van der Waals surface area contributed by atoms with E-state index in [1.165, 1.54) is 6.20 Å². The van der Waals surface area contributed by atoms with Crippen LogP contribution in [0.1, 0.15) is 17.3 Å². The number of amides is 1. The van der Waals surface area contributed by atoms with Gasteiger partial charge in [0.2, 0.25) is 0 Å². The van der Waals surface area contributed by atoms with Crippen LogP contribution in [0.3, 0.4) is 0 Å². The first-order chi connectivity index (χ1) is 10.2. The summed E-state index contributed by atoms with van der Waals surface area (Å²) >= 11 is 0. The van der Waals surface area contributed by atoms with Crippen molar-refractivity contribution in [3.8, 4) is 17.0 Å². The van der Waals surface area contributed by atoms with Gasteiger partial charge in [0.05, 0.1) is 24.6 Å². The van der Waals surface area contributed by atoms with Gasteiger partial charge in [-0.3, -0.25) is 9.89 Å². The summed E-state index contributed by atoms with van der Waals surface area (Å²) < 4.78 is 5.12. The van der Waals surface area contributed by atoms with Crippen LogP contribution in [-0.2, 0) is 0 Å². The van der Waals surface area contributed by atoms with E-state index in [1.54, 1.807) is 7.11 Å². The summed E-state index contributed by atoms with van der Waals surface area (Å²) in [6.07, 6.45) is 1.53. The molecule has 1 aromatic carbocycles. The van der Waals surface area contributed by atoms with Crippen LogP contribution in [0.15, 0.2) is 30.5 Å². The van der Waals surface area contributed by atoms with E-state index in [1.807, 2.05) is 31.2 Å². The van der Waals surface area contributed by atoms with Crippen molar-refractivity contribution in [2.75, 3.05) is 20.2 Å². The van der Waals surface area contributed by atoms with Gasteiger partial charge in [-0.1, -0.05) is 6.92 Å². The Morgan fingerprint density at radius 2 is 2.14 bits per heavy atom. The van der Waals surface area contributed by atoms with Crippen molar-refractivity contribution in [1.82, 2.24) is 15.5 Å². The smallest absolute Gasteiger partial charge is 0.255 e. The molecule has 1 aromatic heterocycles. The highest BCUT2D eigenvalue weighted by molar-refractivity contribution is 5.99. The van der Waals surface area contributed by atoms with E-state index in [0.29, 0.717) is 24.3 Å². The summed E-state index contributed by atoms with van der Waals surface area (Å²) in [5.41, 5.74) is 7.63. The lowest BCUT2D eigenvalue weighted by Crippen LogP contribution is -2.31. The van der Waals surface area contributed by atoms with Crippen LogP contribution in [0, 0.1) is 5.92 Å². The molecule has 6 nitrogen and oxygen atoms in total. The van der Waals surface area contributed by atoms with Gasteiger partial charge in [-0.15, -0.1) is 0 Å². The van der Waals surface area contributed by atoms with Crippen LogP contribution < -0.4 is 15.8 Å². The van der Waals surface area contributed by atoms with Crippen LogP contribution in [0.4, 0.5) is 0 Å². The van der Waals surface area contributed by atoms with Gasteiger partial charge in [-0.25, -0.2) is 0 Å². The zero-order valence-corrected chi connectivity index (χ0v) is 12.2. The molecule has 0 aliphatic heterocycles. The highest BCUT2D eigenvalue weighted by atomic mass is 16.5. The van der Waals surface area contributed by atoms with Gasteiger partial charge in [-0.05, 0) is 36.7 Å². The highest BCUT2D eigenvalue weighted by Crippen LogP contribution is 2.23. The first-order valence-corrected chi connectivity index (χ1v) is 6.81. The van der Waals surface area contributed by atoms with Crippen LogP contribution in [-0.4, -0.2) is 36.3 Å². The molecule has 0 spiro atoms. The molecular formula is C15H20N4O2. The fraction of sp³-hybridized carbons (Fsp3) is 0.333. The molecule has 0 bridgehead atoms. The summed E-state index contributed by atoms with van der Waals surface area (Å²) in [7, 11) is 1.61. The average Bonchev–Trinajstić information content (AvgIpc) is 3.01. The predicted molar refractivity (Wildman–Crippen MR) is 81.1 cm³/mol. The van der Waals surface area contributed by atoms with Crippen LogP contribution in [0.5, 0.6) is 5.75 Å². The Morgan fingerprint density at radius 3 is 2.76 bits per heavy atom. The number of aromatic amines is 1. The molecule has 6 heteroatoms. The summed E-state index contributed by atoms with van der Waals surface area (Å²) in [6.45, 7) is 3.07. The number of hydrogen-bond donors (Lipinski definition) is 3. The maximum absolute atomic E-state index is 12.2.